The van der Waals surface area contributed by atoms with E-state index in [2.05, 4.69) is 63.5 Å². The fraction of sp³-hybridized carbons (Fsp3) is 0.541. The highest BCUT2D eigenvalue weighted by atomic mass is 32.2. The number of carbonyl (C=O) groups is 17. The number of nitrogens with two attached hydrogens (primary N) is 3. The highest BCUT2D eigenvalue weighted by molar-refractivity contribution is 8.00. The minimum Gasteiger partial charge on any atom is -0.508 e. The van der Waals surface area contributed by atoms with E-state index in [-0.39, 0.29) is 114 Å². The Bertz CT molecular complexity index is 5370. The quantitative estimate of drug-likeness (QED) is 0.0257. The third kappa shape index (κ3) is 31.4. The van der Waals surface area contributed by atoms with Gasteiger partial charge in [0.25, 0.3) is 0 Å². The van der Waals surface area contributed by atoms with Crippen LogP contribution < -0.4 is 75.7 Å². The summed E-state index contributed by atoms with van der Waals surface area (Å²) in [7, 11) is 3.96. The van der Waals surface area contributed by atoms with Crippen LogP contribution in [-0.4, -0.2) is 317 Å². The first-order chi connectivity index (χ1) is 67.1. The molecule has 4 aromatic carbocycles. The van der Waals surface area contributed by atoms with Gasteiger partial charge in [-0.25, -0.2) is 0 Å². The van der Waals surface area contributed by atoms with E-state index in [4.69, 9.17) is 17.2 Å². The van der Waals surface area contributed by atoms with Crippen molar-refractivity contribution in [2.45, 2.75) is 261 Å². The van der Waals surface area contributed by atoms with Gasteiger partial charge in [-0.3, -0.25) is 81.5 Å². The molecule has 6 aromatic rings. The number of aliphatic hydroxyl groups excluding tert-OH is 2. The van der Waals surface area contributed by atoms with Gasteiger partial charge in [0, 0.05) is 113 Å². The van der Waals surface area contributed by atoms with Crippen LogP contribution in [0.3, 0.4) is 0 Å². The summed E-state index contributed by atoms with van der Waals surface area (Å²) in [5.74, 6) is -17.0. The van der Waals surface area contributed by atoms with Gasteiger partial charge in [0.05, 0.1) is 31.4 Å². The molecule has 0 spiro atoms. The molecule has 0 saturated carbocycles. The Balaban J connectivity index is 1.11. The van der Waals surface area contributed by atoms with Crippen molar-refractivity contribution in [1.82, 2.24) is 92.5 Å². The molecule has 5 heterocycles. The number of nitrogens with zero attached hydrogens (tertiary/aromatic N) is 6. The number of fused-ring (bicyclic) bond motifs is 4. The average Bonchev–Trinajstić information content (AvgIpc) is 1.67. The average molecular weight is 1980 g/mol. The van der Waals surface area contributed by atoms with Crippen molar-refractivity contribution in [3.05, 3.63) is 138 Å². The van der Waals surface area contributed by atoms with Gasteiger partial charge in [-0.05, 0) is 117 Å². The van der Waals surface area contributed by atoms with E-state index in [1.54, 1.807) is 124 Å². The molecule has 17 amide bonds. The van der Waals surface area contributed by atoms with Crippen LogP contribution >= 0.6 is 11.8 Å². The Morgan fingerprint density at radius 3 is 1.74 bits per heavy atom. The fourth-order valence-electron chi connectivity index (χ4n) is 17.7. The predicted octanol–water partition coefficient (Wildman–Crippen LogP) is -1.18. The number of phenolic OH excluding ortho intramolecular Hbond substituents is 1. The molecule has 2 aromatic heterocycles. The number of aromatic hydroxyl groups is 1. The van der Waals surface area contributed by atoms with E-state index < -0.39 is 235 Å². The first-order valence-corrected chi connectivity index (χ1v) is 49.2. The number of aromatic amines is 1. The number of benzene rings is 4. The maximum Gasteiger partial charge on any atom is 0.246 e. The Labute approximate surface area is 823 Å². The van der Waals surface area contributed by atoms with Crippen LogP contribution in [0.2, 0.25) is 0 Å². The maximum absolute atomic E-state index is 16.1. The number of nitrogens with one attached hydrogen (secondary N) is 12. The lowest BCUT2D eigenvalue weighted by molar-refractivity contribution is -0.149. The second-order valence-corrected chi connectivity index (χ2v) is 38.2. The first kappa shape index (κ1) is 112. The smallest absolute Gasteiger partial charge is 0.246 e. The summed E-state index contributed by atoms with van der Waals surface area (Å²) >= 11 is 0.811. The summed E-state index contributed by atoms with van der Waals surface area (Å²) in [6.07, 6.45) is -0.725. The third-order valence-electron chi connectivity index (χ3n) is 25.4. The third-order valence-corrected chi connectivity index (χ3v) is 26.5. The Morgan fingerprint density at radius 2 is 1.09 bits per heavy atom. The number of thioether (sulfide) groups is 1. The Kier molecular flexibility index (Phi) is 42.3. The lowest BCUT2D eigenvalue weighted by Gasteiger charge is -2.36. The van der Waals surface area contributed by atoms with Crippen molar-refractivity contribution in [1.29, 1.82) is 0 Å². The summed E-state index contributed by atoms with van der Waals surface area (Å²) < 4.78 is 1.55. The van der Waals surface area contributed by atoms with Gasteiger partial charge < -0.3 is 130 Å². The van der Waals surface area contributed by atoms with Gasteiger partial charge in [-0.1, -0.05) is 146 Å². The molecule has 43 heteroatoms. The SMILES string of the molecule is CCCC[C@H]1C(=O)N(C)[C@@H](CCCC)C(=O)N[C@@H](CC(C)C)C(=O)N[C@H](C(=O)NCC(=O)NCc2ccccc2)CSCC(=O)N[C@@H](Cc2ccc(O)cc2)C(=O)N(C)[C@@H](C)C(=O)N[C@@H](CC(N)=O)C(=O)N2CCC[C@H]2C(=O)N[C@@H](CN)C(=O)N[C@@H](CC(C)C)C(=O)N2C[C@H](O)C[C@H]2C(=O)N[C@@H](Cc2c[nH]c3ccccc23)C(=O)N[C@@H](CCN)C(=O)NC(Cc2cn(CC(O)O)c3ccccc23)C(=O)N1C. The minimum atomic E-state index is -1.85. The van der Waals surface area contributed by atoms with Crippen LogP contribution in [0.25, 0.3) is 21.8 Å². The molecule has 3 fully saturated rings. The highest BCUT2D eigenvalue weighted by Crippen LogP contribution is 2.29. The van der Waals surface area contributed by atoms with Crippen LogP contribution in [0.15, 0.2) is 116 Å². The van der Waals surface area contributed by atoms with Crippen molar-refractivity contribution in [3.8, 4) is 5.75 Å². The zero-order chi connectivity index (χ0) is 103. The topological polar surface area (TPSA) is 618 Å². The van der Waals surface area contributed by atoms with E-state index in [1.807, 2.05) is 13.8 Å². The van der Waals surface area contributed by atoms with Gasteiger partial charge in [-0.2, -0.15) is 0 Å². The molecule has 22 N–H and O–H groups in total. The van der Waals surface area contributed by atoms with E-state index >= 15 is 38.4 Å². The van der Waals surface area contributed by atoms with Gasteiger partial charge in [-0.15, -0.1) is 11.8 Å². The van der Waals surface area contributed by atoms with E-state index in [0.717, 1.165) is 36.9 Å². The minimum absolute atomic E-state index is 0.00787. The summed E-state index contributed by atoms with van der Waals surface area (Å²) in [4.78, 5) is 262. The maximum atomic E-state index is 16.1. The molecule has 15 atom stereocenters. The Hall–Kier alpha value is -13.1. The van der Waals surface area contributed by atoms with Crippen molar-refractivity contribution in [2.75, 3.05) is 65.4 Å². The number of primary amides is 1. The molecule has 768 valence electrons. The lowest BCUT2D eigenvalue weighted by atomic mass is 9.99. The zero-order valence-corrected chi connectivity index (χ0v) is 82.4. The Morgan fingerprint density at radius 1 is 0.532 bits per heavy atom. The van der Waals surface area contributed by atoms with Gasteiger partial charge in [0.1, 0.15) is 90.3 Å². The van der Waals surface area contributed by atoms with Crippen LogP contribution in [0.1, 0.15) is 154 Å². The number of aliphatic hydroxyl groups is 3. The number of unbranched alkanes of at least 4 members (excludes halogenated alkanes) is 2. The van der Waals surface area contributed by atoms with E-state index in [1.165, 1.54) is 57.2 Å². The van der Waals surface area contributed by atoms with Crippen LogP contribution in [0.5, 0.6) is 5.75 Å². The molecular formula is C98H139N21O21S. The number of amides is 17. The van der Waals surface area contributed by atoms with Gasteiger partial charge in [0.15, 0.2) is 6.29 Å². The number of phenols is 1. The predicted molar refractivity (Wildman–Crippen MR) is 524 cm³/mol. The fourth-order valence-corrected chi connectivity index (χ4v) is 18.6. The van der Waals surface area contributed by atoms with E-state index in [9.17, 15) is 63.6 Å². The van der Waals surface area contributed by atoms with Crippen molar-refractivity contribution in [2.24, 2.45) is 29.0 Å². The number of carbonyl (C=O) groups excluding carboxylic acids is 17. The summed E-state index contributed by atoms with van der Waals surface area (Å²) in [6.45, 7) is 9.74. The highest BCUT2D eigenvalue weighted by Gasteiger charge is 2.47. The number of H-pyrrole nitrogens is 1. The lowest BCUT2D eigenvalue weighted by Crippen LogP contribution is -2.62. The van der Waals surface area contributed by atoms with Crippen LogP contribution in [0, 0.1) is 11.8 Å². The number of aromatic nitrogens is 2. The number of likely N-dealkylation sites (N-methyl/N-ethyl adjacent to an activating group) is 3. The molecule has 3 saturated heterocycles. The monoisotopic (exact) mass is 1980 g/mol. The molecule has 3 aliphatic rings. The first-order valence-electron chi connectivity index (χ1n) is 48.1. The summed E-state index contributed by atoms with van der Waals surface area (Å²) in [6, 6.07) is 6.99. The molecule has 0 bridgehead atoms. The van der Waals surface area contributed by atoms with Gasteiger partial charge in [0.2, 0.25) is 100 Å². The van der Waals surface area contributed by atoms with Crippen molar-refractivity contribution < 1.29 is 102 Å². The number of para-hydroxylation sites is 2. The van der Waals surface area contributed by atoms with Crippen molar-refractivity contribution in [3.63, 3.8) is 0 Å². The molecule has 9 rings (SSSR count). The molecule has 3 aliphatic heterocycles. The largest absolute Gasteiger partial charge is 0.508 e. The molecular weight excluding hydrogens is 1840 g/mol. The number of rotatable bonds is 28. The van der Waals surface area contributed by atoms with E-state index in [0.29, 0.717) is 64.2 Å². The van der Waals surface area contributed by atoms with Crippen molar-refractivity contribution >= 4 is 134 Å². The number of hydrogen-bond donors (Lipinski definition) is 19. The van der Waals surface area contributed by atoms with Crippen LogP contribution in [-0.2, 0) is 114 Å². The molecule has 42 nitrogen and oxygen atoms in total. The van der Waals surface area contributed by atoms with Gasteiger partial charge >= 0.3 is 0 Å². The molecule has 0 aliphatic carbocycles. The normalized spacial score (nSPS) is 24.3. The molecule has 0 radical (unpaired) electrons. The second kappa shape index (κ2) is 53.5. The standard InChI is InChI=1S/C98H139N21O21S/c1-11-13-28-77-91(133)107-68(39-55(3)4)88(130)113-75(86(128)104-49-82(123)103-47-59-23-16-15-17-24-59)53-141-54-83(124)105-71(41-58-32-34-62(120)35-33-58)94(136)114(8)57(7)85(127)109-73(45-81(101)122)96(138)118-38-22-31-78(118)92(134)112-74(46-100)90(132)110-70(40-56(5)6)97(139)119-51-63(121)44-80(119)93(135)108-69(42-60-48-102-66-27-20-18-25-64(60)66)89(131)106-67(36-37-99)87(129)111-72(95(137)116(10)79(29-14-12-2)98(140)115(77)9)43-61-50-117(52-84(125)126)76-30-21-19-26-65(61)76/h15-21,23-27,30,32-35,48,50,55-57,63,67-75,77-80,84,102,120-121,125-126H,11-14,22,28-29,31,36-47,49,51-54,99-100H2,1-10H3,(H2,101,122)(H,103,123)(H,104,128)(H,105,124)(H,106,131)(H,107,133)(H,108,135)(H,109,127)(H,110,132)(H,111,129)(H,112,134)(H,113,130)/t57-,63+,67-,68-,69-,70-,71-,72?,73-,74-,75-,77-,78-,79-,80-/m0/s1. The zero-order valence-electron chi connectivity index (χ0n) is 81.6. The summed E-state index contributed by atoms with van der Waals surface area (Å²) in [5.41, 5.74) is 21.4. The second-order valence-electron chi connectivity index (χ2n) is 37.2. The molecule has 141 heavy (non-hydrogen) atoms. The van der Waals surface area contributed by atoms with Crippen LogP contribution in [0.4, 0.5) is 0 Å². The summed E-state index contributed by atoms with van der Waals surface area (Å²) in [5, 5.41) is 73.3. The number of hydrogen-bond acceptors (Lipinski definition) is 24. The molecule has 1 unspecified atom stereocenters.